The molecule has 3 rings (SSSR count). The van der Waals surface area contributed by atoms with E-state index in [-0.39, 0.29) is 11.9 Å². The quantitative estimate of drug-likeness (QED) is 0.840. The average Bonchev–Trinajstić information content (AvgIpc) is 3.00. The number of carbonyl (C=O) groups excluding carboxylic acids is 1. The summed E-state index contributed by atoms with van der Waals surface area (Å²) in [7, 11) is 0. The molecule has 1 saturated heterocycles. The minimum atomic E-state index is -4.51. The lowest BCUT2D eigenvalue weighted by atomic mass is 10.2. The Morgan fingerprint density at radius 3 is 2.50 bits per heavy atom. The maximum Gasteiger partial charge on any atom is 0.433 e. The number of furan rings is 1. The molecular weight excluding hydrogens is 325 g/mol. The molecule has 24 heavy (non-hydrogen) atoms. The van der Waals surface area contributed by atoms with Crippen molar-refractivity contribution in [1.29, 1.82) is 0 Å². The van der Waals surface area contributed by atoms with Gasteiger partial charge < -0.3 is 14.2 Å². The Bertz CT molecular complexity index is 736. The molecule has 0 aromatic carbocycles. The maximum atomic E-state index is 12.7. The Kier molecular flexibility index (Phi) is 4.16. The Morgan fingerprint density at radius 2 is 1.92 bits per heavy atom. The third-order valence-electron chi connectivity index (χ3n) is 3.87. The van der Waals surface area contributed by atoms with Crippen molar-refractivity contribution in [2.45, 2.75) is 13.1 Å². The molecule has 1 aliphatic heterocycles. The van der Waals surface area contributed by atoms with Crippen LogP contribution >= 0.6 is 0 Å². The summed E-state index contributed by atoms with van der Waals surface area (Å²) >= 11 is 0. The minimum Gasteiger partial charge on any atom is -0.469 e. The fourth-order valence-corrected chi connectivity index (χ4v) is 2.55. The van der Waals surface area contributed by atoms with Crippen molar-refractivity contribution in [3.63, 3.8) is 0 Å². The van der Waals surface area contributed by atoms with E-state index < -0.39 is 11.9 Å². The molecule has 0 unspecified atom stereocenters. The monoisotopic (exact) mass is 340 g/mol. The van der Waals surface area contributed by atoms with Crippen LogP contribution < -0.4 is 4.90 Å². The largest absolute Gasteiger partial charge is 0.469 e. The normalized spacial score (nSPS) is 15.7. The summed E-state index contributed by atoms with van der Waals surface area (Å²) in [6.07, 6.45) is -1.96. The Balaban J connectivity index is 1.67. The van der Waals surface area contributed by atoms with Gasteiger partial charge in [0.2, 0.25) is 5.95 Å². The Hall–Kier alpha value is -2.58. The topological polar surface area (TPSA) is 62.5 Å². The van der Waals surface area contributed by atoms with E-state index in [0.717, 1.165) is 12.3 Å². The number of amides is 1. The van der Waals surface area contributed by atoms with Crippen LogP contribution in [0.1, 0.15) is 21.8 Å². The molecule has 9 heteroatoms. The van der Waals surface area contributed by atoms with Crippen molar-refractivity contribution in [1.82, 2.24) is 14.9 Å². The summed E-state index contributed by atoms with van der Waals surface area (Å²) in [6, 6.07) is 2.45. The van der Waals surface area contributed by atoms with Crippen LogP contribution in [-0.4, -0.2) is 47.0 Å². The van der Waals surface area contributed by atoms with Crippen LogP contribution in [-0.2, 0) is 6.18 Å². The van der Waals surface area contributed by atoms with E-state index in [1.54, 1.807) is 22.8 Å². The predicted octanol–water partition coefficient (Wildman–Crippen LogP) is 2.36. The number of hydrogen-bond acceptors (Lipinski definition) is 5. The first kappa shape index (κ1) is 16.3. The van der Waals surface area contributed by atoms with Gasteiger partial charge in [0.25, 0.3) is 5.91 Å². The summed E-state index contributed by atoms with van der Waals surface area (Å²) in [5.74, 6) is 0.422. The Labute approximate surface area is 135 Å². The van der Waals surface area contributed by atoms with Crippen molar-refractivity contribution in [3.05, 3.63) is 41.6 Å². The molecule has 0 spiro atoms. The molecule has 128 valence electrons. The third-order valence-corrected chi connectivity index (χ3v) is 3.87. The van der Waals surface area contributed by atoms with E-state index in [2.05, 4.69) is 9.97 Å². The highest BCUT2D eigenvalue weighted by atomic mass is 19.4. The molecule has 1 amide bonds. The number of piperazine rings is 1. The van der Waals surface area contributed by atoms with Gasteiger partial charge in [-0.3, -0.25) is 4.79 Å². The van der Waals surface area contributed by atoms with Crippen molar-refractivity contribution in [2.24, 2.45) is 0 Å². The molecule has 0 radical (unpaired) electrons. The van der Waals surface area contributed by atoms with Crippen LogP contribution in [0.3, 0.4) is 0 Å². The van der Waals surface area contributed by atoms with Crippen molar-refractivity contribution < 1.29 is 22.4 Å². The minimum absolute atomic E-state index is 0.0245. The zero-order valence-corrected chi connectivity index (χ0v) is 12.9. The maximum absolute atomic E-state index is 12.7. The lowest BCUT2D eigenvalue weighted by molar-refractivity contribution is -0.141. The molecule has 0 aliphatic carbocycles. The van der Waals surface area contributed by atoms with Gasteiger partial charge in [0, 0.05) is 32.4 Å². The zero-order chi connectivity index (χ0) is 17.3. The van der Waals surface area contributed by atoms with Gasteiger partial charge in [-0.1, -0.05) is 0 Å². The first-order valence-electron chi connectivity index (χ1n) is 7.35. The van der Waals surface area contributed by atoms with Gasteiger partial charge in [0.1, 0.15) is 11.5 Å². The molecular formula is C15H15F3N4O2. The van der Waals surface area contributed by atoms with Gasteiger partial charge in [0.15, 0.2) is 0 Å². The molecule has 1 fully saturated rings. The molecule has 6 nitrogen and oxygen atoms in total. The molecule has 1 aliphatic rings. The fourth-order valence-electron chi connectivity index (χ4n) is 2.55. The van der Waals surface area contributed by atoms with E-state index in [1.807, 2.05) is 0 Å². The summed E-state index contributed by atoms with van der Waals surface area (Å²) < 4.78 is 43.3. The second-order valence-corrected chi connectivity index (χ2v) is 5.41. The standard InChI is InChI=1S/C15H15F3N4O2/c1-10-11(3-9-24-10)13(23)21-5-7-22(8-6-21)14-19-4-2-12(20-14)15(16,17)18/h2-4,9H,5-8H2,1H3. The molecule has 0 atom stereocenters. The van der Waals surface area contributed by atoms with E-state index in [1.165, 1.54) is 6.26 Å². The van der Waals surface area contributed by atoms with Gasteiger partial charge in [-0.15, -0.1) is 0 Å². The molecule has 0 saturated carbocycles. The smallest absolute Gasteiger partial charge is 0.433 e. The van der Waals surface area contributed by atoms with Crippen LogP contribution in [0.2, 0.25) is 0 Å². The number of halogens is 3. The zero-order valence-electron chi connectivity index (χ0n) is 12.9. The molecule has 0 N–H and O–H groups in total. The molecule has 2 aromatic heterocycles. The van der Waals surface area contributed by atoms with Crippen LogP contribution in [0.15, 0.2) is 29.0 Å². The number of aryl methyl sites for hydroxylation is 1. The number of rotatable bonds is 2. The summed E-state index contributed by atoms with van der Waals surface area (Å²) in [5.41, 5.74) is -0.473. The first-order chi connectivity index (χ1) is 11.4. The van der Waals surface area contributed by atoms with Crippen molar-refractivity contribution >= 4 is 11.9 Å². The van der Waals surface area contributed by atoms with Crippen LogP contribution in [0.25, 0.3) is 0 Å². The van der Waals surface area contributed by atoms with Crippen LogP contribution in [0.4, 0.5) is 19.1 Å². The highest BCUT2D eigenvalue weighted by Crippen LogP contribution is 2.28. The van der Waals surface area contributed by atoms with Gasteiger partial charge in [-0.05, 0) is 19.1 Å². The summed E-state index contributed by atoms with van der Waals surface area (Å²) in [6.45, 7) is 3.19. The first-order valence-corrected chi connectivity index (χ1v) is 7.35. The molecule has 2 aromatic rings. The lowest BCUT2D eigenvalue weighted by Gasteiger charge is -2.34. The number of anilines is 1. The highest BCUT2D eigenvalue weighted by molar-refractivity contribution is 5.95. The third kappa shape index (κ3) is 3.19. The van der Waals surface area contributed by atoms with E-state index >= 15 is 0 Å². The summed E-state index contributed by atoms with van der Waals surface area (Å²) in [5, 5.41) is 0. The van der Waals surface area contributed by atoms with Crippen LogP contribution in [0.5, 0.6) is 0 Å². The SMILES string of the molecule is Cc1occc1C(=O)N1CCN(c2nccc(C(F)(F)F)n2)CC1. The van der Waals surface area contributed by atoms with Gasteiger partial charge in [-0.25, -0.2) is 9.97 Å². The number of aromatic nitrogens is 2. The van der Waals surface area contributed by atoms with Gasteiger partial charge in [-0.2, -0.15) is 13.2 Å². The van der Waals surface area contributed by atoms with Crippen molar-refractivity contribution in [2.75, 3.05) is 31.1 Å². The van der Waals surface area contributed by atoms with E-state index in [9.17, 15) is 18.0 Å². The second-order valence-electron chi connectivity index (χ2n) is 5.41. The highest BCUT2D eigenvalue weighted by Gasteiger charge is 2.33. The van der Waals surface area contributed by atoms with Gasteiger partial charge in [0.05, 0.1) is 11.8 Å². The van der Waals surface area contributed by atoms with Gasteiger partial charge >= 0.3 is 6.18 Å². The molecule has 3 heterocycles. The number of carbonyl (C=O) groups is 1. The number of hydrogen-bond donors (Lipinski definition) is 0. The van der Waals surface area contributed by atoms with Crippen LogP contribution in [0, 0.1) is 6.92 Å². The Morgan fingerprint density at radius 1 is 1.21 bits per heavy atom. The fraction of sp³-hybridized carbons (Fsp3) is 0.400. The lowest BCUT2D eigenvalue weighted by Crippen LogP contribution is -2.49. The average molecular weight is 340 g/mol. The predicted molar refractivity (Wildman–Crippen MR) is 78.6 cm³/mol. The number of alkyl halides is 3. The number of nitrogens with zero attached hydrogens (tertiary/aromatic N) is 4. The van der Waals surface area contributed by atoms with E-state index in [4.69, 9.17) is 4.42 Å². The summed E-state index contributed by atoms with van der Waals surface area (Å²) in [4.78, 5) is 23.1. The van der Waals surface area contributed by atoms with E-state index in [0.29, 0.717) is 37.5 Å². The molecule has 0 bridgehead atoms. The second kappa shape index (κ2) is 6.14. The van der Waals surface area contributed by atoms with Crippen molar-refractivity contribution in [3.8, 4) is 0 Å².